The molecule has 0 atom stereocenters. The SMILES string of the molecule is CC1(C)c2ccccc2-c2ccc(-c3ccc4c(c3)c3cc(-c5ccc6c(c5)C(C)(C)c5ccccc5-6)ccc3n4-c3cccc(-c4cc(-c5cccc(-c6ccccc6-c6ccccc6)c5)nc(-n5c6ccc(-c7ccc8c(c7)C(C)(C)c7ccccc7-8)cc6c6cc(-c7ccc8c(c7)C(C)(C)c7ccccc7-8)ccc65)n4)c3)cc21. The van der Waals surface area contributed by atoms with Crippen molar-refractivity contribution in [1.29, 1.82) is 0 Å². The van der Waals surface area contributed by atoms with Gasteiger partial charge < -0.3 is 4.57 Å². The van der Waals surface area contributed by atoms with Crippen molar-refractivity contribution in [1.82, 2.24) is 19.1 Å². The van der Waals surface area contributed by atoms with E-state index in [0.717, 1.165) is 83.3 Å². The van der Waals surface area contributed by atoms with E-state index in [4.69, 9.17) is 9.97 Å². The van der Waals surface area contributed by atoms with Crippen molar-refractivity contribution in [2.24, 2.45) is 0 Å². The first-order valence-electron chi connectivity index (χ1n) is 40.9. The maximum absolute atomic E-state index is 5.89. The second kappa shape index (κ2) is 24.9. The Kier molecular flexibility index (Phi) is 14.5. The van der Waals surface area contributed by atoms with Crippen molar-refractivity contribution < 1.29 is 0 Å². The van der Waals surface area contributed by atoms with Gasteiger partial charge in [-0.15, -0.1) is 0 Å². The van der Waals surface area contributed by atoms with Gasteiger partial charge in [-0.3, -0.25) is 4.57 Å². The number of aromatic nitrogens is 4. The van der Waals surface area contributed by atoms with E-state index in [-0.39, 0.29) is 21.7 Å². The van der Waals surface area contributed by atoms with Gasteiger partial charge in [0.15, 0.2) is 0 Å². The maximum Gasteiger partial charge on any atom is 0.235 e. The van der Waals surface area contributed by atoms with Gasteiger partial charge in [0.1, 0.15) is 0 Å². The van der Waals surface area contributed by atoms with Crippen LogP contribution in [0.2, 0.25) is 0 Å². The van der Waals surface area contributed by atoms with E-state index in [1.807, 2.05) is 0 Å². The number of rotatable bonds is 10. The third kappa shape index (κ3) is 10.1. The highest BCUT2D eigenvalue weighted by atomic mass is 15.2. The third-order valence-corrected chi connectivity index (χ3v) is 27.0. The molecule has 4 heteroatoms. The average molecular weight is 1480 g/mol. The van der Waals surface area contributed by atoms with Gasteiger partial charge in [-0.05, 0) is 253 Å². The quantitative estimate of drug-likeness (QED) is 0.137. The predicted molar refractivity (Wildman–Crippen MR) is 484 cm³/mol. The molecule has 116 heavy (non-hydrogen) atoms. The Morgan fingerprint density at radius 3 is 0.836 bits per heavy atom. The Labute approximate surface area is 677 Å². The first-order valence-corrected chi connectivity index (χ1v) is 40.9. The van der Waals surface area contributed by atoms with Crippen LogP contribution < -0.4 is 0 Å². The summed E-state index contributed by atoms with van der Waals surface area (Å²) in [5, 5.41) is 4.64. The van der Waals surface area contributed by atoms with Crippen molar-refractivity contribution >= 4 is 43.6 Å². The first kappa shape index (κ1) is 67.9. The Bertz CT molecular complexity index is 7120. The van der Waals surface area contributed by atoms with Crippen molar-refractivity contribution in [2.75, 3.05) is 0 Å². The zero-order chi connectivity index (χ0) is 77.8. The van der Waals surface area contributed by atoms with E-state index in [9.17, 15) is 0 Å². The van der Waals surface area contributed by atoms with Crippen LogP contribution in [-0.4, -0.2) is 19.1 Å². The molecule has 0 bridgehead atoms. The monoisotopic (exact) mass is 1480 g/mol. The summed E-state index contributed by atoms with van der Waals surface area (Å²) in [5.74, 6) is 0.585. The van der Waals surface area contributed by atoms with Gasteiger partial charge in [0.2, 0.25) is 5.95 Å². The van der Waals surface area contributed by atoms with Gasteiger partial charge in [0, 0.05) is 60.0 Å². The summed E-state index contributed by atoms with van der Waals surface area (Å²) in [5.41, 5.74) is 43.9. The van der Waals surface area contributed by atoms with Gasteiger partial charge in [-0.2, -0.15) is 0 Å². The Morgan fingerprint density at radius 1 is 0.181 bits per heavy atom. The van der Waals surface area contributed by atoms with Crippen LogP contribution in [-0.2, 0) is 21.7 Å². The number of fused-ring (bicyclic) bond motifs is 18. The van der Waals surface area contributed by atoms with Crippen molar-refractivity contribution in [3.05, 3.63) is 396 Å². The molecule has 3 aromatic heterocycles. The molecular weight excluding hydrogens is 1400 g/mol. The second-order valence-corrected chi connectivity index (χ2v) is 34.8. The molecule has 0 amide bonds. The summed E-state index contributed by atoms with van der Waals surface area (Å²) in [6, 6.07) is 132. The van der Waals surface area contributed by atoms with Crippen molar-refractivity contribution in [2.45, 2.75) is 77.0 Å². The predicted octanol–water partition coefficient (Wildman–Crippen LogP) is 29.2. The average Bonchev–Trinajstić information content (AvgIpc) is 1.58. The zero-order valence-electron chi connectivity index (χ0n) is 66.3. The fraction of sp³-hybridized carbons (Fsp3) is 0.107. The highest BCUT2D eigenvalue weighted by Gasteiger charge is 2.40. The van der Waals surface area contributed by atoms with Gasteiger partial charge in [-0.1, -0.05) is 310 Å². The molecule has 0 aliphatic heterocycles. The zero-order valence-corrected chi connectivity index (χ0v) is 66.3. The van der Waals surface area contributed by atoms with E-state index in [1.165, 1.54) is 144 Å². The molecule has 0 unspecified atom stereocenters. The highest BCUT2D eigenvalue weighted by Crippen LogP contribution is 2.55. The van der Waals surface area contributed by atoms with Crippen LogP contribution in [0.4, 0.5) is 0 Å². The minimum atomic E-state index is -0.157. The van der Waals surface area contributed by atoms with Crippen LogP contribution in [0, 0.1) is 0 Å². The number of hydrogen-bond donors (Lipinski definition) is 0. The molecule has 0 fully saturated rings. The Hall–Kier alpha value is -13.8. The van der Waals surface area contributed by atoms with Crippen molar-refractivity contribution in [3.8, 4) is 145 Å². The normalized spacial score (nSPS) is 14.5. The summed E-state index contributed by atoms with van der Waals surface area (Å²) in [6.07, 6.45) is 0. The second-order valence-electron chi connectivity index (χ2n) is 34.8. The molecule has 4 aliphatic carbocycles. The van der Waals surface area contributed by atoms with Gasteiger partial charge in [0.05, 0.1) is 33.5 Å². The first-order chi connectivity index (χ1) is 56.5. The largest absolute Gasteiger partial charge is 0.309 e. The Morgan fingerprint density at radius 2 is 0.457 bits per heavy atom. The lowest BCUT2D eigenvalue weighted by molar-refractivity contribution is 0.660. The molecule has 550 valence electrons. The van der Waals surface area contributed by atoms with Crippen LogP contribution in [0.1, 0.15) is 99.9 Å². The summed E-state index contributed by atoms with van der Waals surface area (Å²) < 4.78 is 4.81. The van der Waals surface area contributed by atoms with E-state index in [0.29, 0.717) is 5.95 Å². The minimum absolute atomic E-state index is 0.138. The van der Waals surface area contributed by atoms with Crippen LogP contribution >= 0.6 is 0 Å². The molecule has 0 saturated heterocycles. The number of hydrogen-bond acceptors (Lipinski definition) is 2. The van der Waals surface area contributed by atoms with Crippen molar-refractivity contribution in [3.63, 3.8) is 0 Å². The van der Waals surface area contributed by atoms with E-state index in [2.05, 4.69) is 416 Å². The van der Waals surface area contributed by atoms with Crippen LogP contribution in [0.3, 0.4) is 0 Å². The lowest BCUT2D eigenvalue weighted by Gasteiger charge is -2.22. The molecule has 3 heterocycles. The van der Waals surface area contributed by atoms with E-state index in [1.54, 1.807) is 0 Å². The van der Waals surface area contributed by atoms with Crippen LogP contribution in [0.25, 0.3) is 189 Å². The molecule has 0 radical (unpaired) electrons. The standard InChI is InChI=1S/C112H82N4/c1-109(2)94-36-18-14-32-82(94)86-48-40-72(62-98(86)109)68-44-52-104-90(58-68)91-59-69(73-41-49-87-83-33-15-19-37-95(83)110(3,4)99(87)63-73)45-53-105(91)115(104)79-29-23-28-78(57-79)103-66-102(77-27-22-26-76(56-77)81-31-13-12-30-80(81)67-24-10-9-11-25-67)113-108(114-103)116-106-54-46-70(74-42-50-88-84-34-16-20-38-96(84)111(5,6)100(88)64-74)60-92(106)93-61-71(47-55-107(93)116)75-43-51-89-85-35-17-21-39-97(85)112(7,8)101(89)65-75/h9-66H,1-8H3. The van der Waals surface area contributed by atoms with Crippen LogP contribution in [0.5, 0.6) is 0 Å². The fourth-order valence-electron chi connectivity index (χ4n) is 20.9. The van der Waals surface area contributed by atoms with Gasteiger partial charge in [-0.25, -0.2) is 9.97 Å². The summed E-state index contributed by atoms with van der Waals surface area (Å²) in [6.45, 7) is 19.0. The van der Waals surface area contributed by atoms with Gasteiger partial charge >= 0.3 is 0 Å². The molecule has 19 aromatic rings. The molecule has 0 N–H and O–H groups in total. The third-order valence-electron chi connectivity index (χ3n) is 27.0. The molecule has 4 nitrogen and oxygen atoms in total. The molecule has 0 saturated carbocycles. The molecule has 4 aliphatic rings. The highest BCUT2D eigenvalue weighted by molar-refractivity contribution is 6.13. The summed E-state index contributed by atoms with van der Waals surface area (Å²) in [7, 11) is 0. The van der Waals surface area contributed by atoms with E-state index >= 15 is 0 Å². The fourth-order valence-corrected chi connectivity index (χ4v) is 20.9. The molecule has 16 aromatic carbocycles. The number of benzene rings is 16. The smallest absolute Gasteiger partial charge is 0.235 e. The minimum Gasteiger partial charge on any atom is -0.309 e. The molecule has 23 rings (SSSR count). The topological polar surface area (TPSA) is 35.6 Å². The maximum atomic E-state index is 5.89. The lowest BCUT2D eigenvalue weighted by Crippen LogP contribution is -2.14. The molecular formula is C112H82N4. The lowest BCUT2D eigenvalue weighted by atomic mass is 9.81. The van der Waals surface area contributed by atoms with Crippen LogP contribution in [0.15, 0.2) is 352 Å². The number of nitrogens with zero attached hydrogens (tertiary/aromatic N) is 4. The molecule has 0 spiro atoms. The Balaban J connectivity index is 0.719. The summed E-state index contributed by atoms with van der Waals surface area (Å²) in [4.78, 5) is 11.7. The summed E-state index contributed by atoms with van der Waals surface area (Å²) >= 11 is 0. The van der Waals surface area contributed by atoms with Gasteiger partial charge in [0.25, 0.3) is 0 Å². The van der Waals surface area contributed by atoms with E-state index < -0.39 is 0 Å².